The smallest absolute Gasteiger partial charge is 0.138 e. The summed E-state index contributed by atoms with van der Waals surface area (Å²) in [6.07, 6.45) is 0.0880. The lowest BCUT2D eigenvalue weighted by Gasteiger charge is -2.23. The van der Waals surface area contributed by atoms with Crippen molar-refractivity contribution in [1.29, 1.82) is 0 Å². The Hall–Kier alpha value is -0.810. The summed E-state index contributed by atoms with van der Waals surface area (Å²) in [5, 5.41) is 13.3. The first-order chi connectivity index (χ1) is 8.27. The average Bonchev–Trinajstić information content (AvgIpc) is 2.36. The zero-order valence-corrected chi connectivity index (χ0v) is 10.2. The number of nitrogens with one attached hydrogen (secondary N) is 1. The van der Waals surface area contributed by atoms with Gasteiger partial charge in [0.1, 0.15) is 5.75 Å². The molecule has 94 valence electrons. The van der Waals surface area contributed by atoms with Crippen LogP contribution < -0.4 is 5.32 Å². The summed E-state index contributed by atoms with van der Waals surface area (Å²) in [6, 6.07) is 5.32. The van der Waals surface area contributed by atoms with E-state index in [4.69, 9.17) is 21.1 Å². The summed E-state index contributed by atoms with van der Waals surface area (Å²) in [4.78, 5) is 0. The van der Waals surface area contributed by atoms with Crippen LogP contribution in [0.5, 0.6) is 5.75 Å². The molecule has 1 aliphatic heterocycles. The maximum atomic E-state index is 9.71. The third-order valence-electron chi connectivity index (χ3n) is 2.64. The highest BCUT2D eigenvalue weighted by Crippen LogP contribution is 2.26. The van der Waals surface area contributed by atoms with Gasteiger partial charge in [-0.3, -0.25) is 0 Å². The number of phenols is 1. The monoisotopic (exact) mass is 257 g/mol. The minimum absolute atomic E-state index is 0.0880. The normalized spacial score (nSPS) is 20.4. The van der Waals surface area contributed by atoms with Gasteiger partial charge in [-0.15, -0.1) is 0 Å². The Morgan fingerprint density at radius 3 is 3.06 bits per heavy atom. The lowest BCUT2D eigenvalue weighted by molar-refractivity contribution is -0.0864. The Morgan fingerprint density at radius 1 is 1.41 bits per heavy atom. The molecule has 0 aliphatic carbocycles. The molecule has 5 heteroatoms. The fourth-order valence-corrected chi connectivity index (χ4v) is 1.92. The SMILES string of the molecule is Oc1c(Cl)cccc1CNCC1COCCO1. The second kappa shape index (κ2) is 6.21. The molecule has 0 saturated carbocycles. The van der Waals surface area contributed by atoms with Crippen molar-refractivity contribution in [1.82, 2.24) is 5.32 Å². The molecule has 1 fully saturated rings. The minimum Gasteiger partial charge on any atom is -0.506 e. The number of hydrogen-bond donors (Lipinski definition) is 2. The van der Waals surface area contributed by atoms with Crippen LogP contribution in [0.3, 0.4) is 0 Å². The fourth-order valence-electron chi connectivity index (χ4n) is 1.72. The zero-order valence-electron chi connectivity index (χ0n) is 9.49. The first-order valence-corrected chi connectivity index (χ1v) is 6.01. The molecule has 1 aromatic rings. The summed E-state index contributed by atoms with van der Waals surface area (Å²) in [5.41, 5.74) is 0.786. The molecule has 1 aromatic carbocycles. The molecule has 4 nitrogen and oxygen atoms in total. The number of benzene rings is 1. The van der Waals surface area contributed by atoms with Crippen molar-refractivity contribution in [3.63, 3.8) is 0 Å². The fraction of sp³-hybridized carbons (Fsp3) is 0.500. The minimum atomic E-state index is 0.0880. The van der Waals surface area contributed by atoms with E-state index in [9.17, 15) is 5.11 Å². The average molecular weight is 258 g/mol. The lowest BCUT2D eigenvalue weighted by Crippen LogP contribution is -2.37. The summed E-state index contributed by atoms with van der Waals surface area (Å²) in [6.45, 7) is 3.20. The van der Waals surface area contributed by atoms with E-state index in [1.807, 2.05) is 12.1 Å². The van der Waals surface area contributed by atoms with Gasteiger partial charge in [0.15, 0.2) is 0 Å². The topological polar surface area (TPSA) is 50.7 Å². The molecule has 2 N–H and O–H groups in total. The van der Waals surface area contributed by atoms with Crippen molar-refractivity contribution in [2.45, 2.75) is 12.6 Å². The lowest BCUT2D eigenvalue weighted by atomic mass is 10.2. The van der Waals surface area contributed by atoms with Gasteiger partial charge < -0.3 is 19.9 Å². The first kappa shape index (κ1) is 12.6. The molecule has 17 heavy (non-hydrogen) atoms. The molecule has 1 aliphatic rings. The molecular weight excluding hydrogens is 242 g/mol. The van der Waals surface area contributed by atoms with Gasteiger partial charge in [0.25, 0.3) is 0 Å². The summed E-state index contributed by atoms with van der Waals surface area (Å²) < 4.78 is 10.8. The maximum absolute atomic E-state index is 9.71. The molecule has 0 bridgehead atoms. The highest BCUT2D eigenvalue weighted by Gasteiger charge is 2.13. The predicted octanol–water partition coefficient (Wildman–Crippen LogP) is 1.55. The molecule has 1 atom stereocenters. The number of halogens is 1. The number of hydrogen-bond acceptors (Lipinski definition) is 4. The standard InChI is InChI=1S/C12H16ClNO3/c13-11-3-1-2-9(12(11)15)6-14-7-10-8-16-4-5-17-10/h1-3,10,14-15H,4-8H2. The highest BCUT2D eigenvalue weighted by molar-refractivity contribution is 6.32. The molecule has 1 unspecified atom stereocenters. The number of ether oxygens (including phenoxy) is 2. The van der Waals surface area contributed by atoms with Crippen molar-refractivity contribution in [3.8, 4) is 5.75 Å². The van der Waals surface area contributed by atoms with E-state index in [-0.39, 0.29) is 11.9 Å². The molecule has 1 heterocycles. The van der Waals surface area contributed by atoms with Crippen LogP contribution >= 0.6 is 11.6 Å². The van der Waals surface area contributed by atoms with Gasteiger partial charge >= 0.3 is 0 Å². The van der Waals surface area contributed by atoms with Crippen LogP contribution in [0.15, 0.2) is 18.2 Å². The van der Waals surface area contributed by atoms with Crippen LogP contribution in [0.1, 0.15) is 5.56 Å². The Kier molecular flexibility index (Phi) is 4.62. The van der Waals surface area contributed by atoms with Gasteiger partial charge in [0.2, 0.25) is 0 Å². The van der Waals surface area contributed by atoms with Crippen molar-refractivity contribution in [2.24, 2.45) is 0 Å². The van der Waals surface area contributed by atoms with Gasteiger partial charge in [-0.05, 0) is 6.07 Å². The molecule has 0 radical (unpaired) electrons. The van der Waals surface area contributed by atoms with E-state index >= 15 is 0 Å². The zero-order chi connectivity index (χ0) is 12.1. The third-order valence-corrected chi connectivity index (χ3v) is 2.95. The molecule has 0 amide bonds. The second-order valence-electron chi connectivity index (χ2n) is 3.95. The first-order valence-electron chi connectivity index (χ1n) is 5.64. The van der Waals surface area contributed by atoms with Gasteiger partial charge in [-0.25, -0.2) is 0 Å². The quantitative estimate of drug-likeness (QED) is 0.859. The van der Waals surface area contributed by atoms with Crippen molar-refractivity contribution < 1.29 is 14.6 Å². The summed E-state index contributed by atoms with van der Waals surface area (Å²) >= 11 is 5.82. The van der Waals surface area contributed by atoms with Crippen LogP contribution in [0, 0.1) is 0 Å². The molecule has 0 aromatic heterocycles. The van der Waals surface area contributed by atoms with Crippen LogP contribution in [-0.4, -0.2) is 37.6 Å². The van der Waals surface area contributed by atoms with Gasteiger partial charge in [0.05, 0.1) is 30.9 Å². The molecular formula is C12H16ClNO3. The van der Waals surface area contributed by atoms with Crippen molar-refractivity contribution >= 4 is 11.6 Å². The van der Waals surface area contributed by atoms with Crippen LogP contribution in [0.4, 0.5) is 0 Å². The van der Waals surface area contributed by atoms with E-state index in [0.29, 0.717) is 37.9 Å². The van der Waals surface area contributed by atoms with Gasteiger partial charge in [-0.1, -0.05) is 23.7 Å². The van der Waals surface area contributed by atoms with E-state index in [1.54, 1.807) is 6.07 Å². The van der Waals surface area contributed by atoms with Crippen LogP contribution in [0.25, 0.3) is 0 Å². The van der Waals surface area contributed by atoms with Crippen LogP contribution in [0.2, 0.25) is 5.02 Å². The number of rotatable bonds is 4. The number of aromatic hydroxyl groups is 1. The largest absolute Gasteiger partial charge is 0.506 e. The Bertz CT molecular complexity index is 367. The van der Waals surface area contributed by atoms with E-state index in [1.165, 1.54) is 0 Å². The van der Waals surface area contributed by atoms with Crippen molar-refractivity contribution in [3.05, 3.63) is 28.8 Å². The number of para-hydroxylation sites is 1. The Balaban J connectivity index is 1.79. The molecule has 2 rings (SSSR count). The van der Waals surface area contributed by atoms with Crippen LogP contribution in [-0.2, 0) is 16.0 Å². The second-order valence-corrected chi connectivity index (χ2v) is 4.35. The number of phenolic OH excluding ortho intramolecular Hbond substituents is 1. The molecule has 0 spiro atoms. The predicted molar refractivity (Wildman–Crippen MR) is 65.4 cm³/mol. The van der Waals surface area contributed by atoms with Gasteiger partial charge in [0, 0.05) is 18.7 Å². The summed E-state index contributed by atoms with van der Waals surface area (Å²) in [5.74, 6) is 0.141. The Morgan fingerprint density at radius 2 is 2.29 bits per heavy atom. The Labute approximate surface area is 105 Å². The third kappa shape index (κ3) is 3.57. The molecule has 1 saturated heterocycles. The van der Waals surface area contributed by atoms with E-state index in [0.717, 1.165) is 5.56 Å². The highest BCUT2D eigenvalue weighted by atomic mass is 35.5. The maximum Gasteiger partial charge on any atom is 0.138 e. The summed E-state index contributed by atoms with van der Waals surface area (Å²) in [7, 11) is 0. The van der Waals surface area contributed by atoms with Crippen molar-refractivity contribution in [2.75, 3.05) is 26.4 Å². The van der Waals surface area contributed by atoms with E-state index < -0.39 is 0 Å². The van der Waals surface area contributed by atoms with E-state index in [2.05, 4.69) is 5.32 Å². The van der Waals surface area contributed by atoms with Gasteiger partial charge in [-0.2, -0.15) is 0 Å².